The highest BCUT2D eigenvalue weighted by atomic mass is 16.4. The van der Waals surface area contributed by atoms with Gasteiger partial charge in [0.2, 0.25) is 5.91 Å². The first kappa shape index (κ1) is 17.2. The zero-order valence-electron chi connectivity index (χ0n) is 12.8. The Morgan fingerprint density at radius 2 is 1.81 bits per heavy atom. The highest BCUT2D eigenvalue weighted by Gasteiger charge is 2.23. The van der Waals surface area contributed by atoms with E-state index in [1.807, 2.05) is 51.1 Å². The largest absolute Gasteiger partial charge is 0.480 e. The van der Waals surface area contributed by atoms with Gasteiger partial charge in [-0.1, -0.05) is 50.6 Å². The molecule has 116 valence electrons. The quantitative estimate of drug-likeness (QED) is 0.684. The molecule has 1 aromatic rings. The number of aliphatic carboxylic acids is 1. The van der Waals surface area contributed by atoms with Crippen LogP contribution in [0.25, 0.3) is 0 Å². The van der Waals surface area contributed by atoms with Gasteiger partial charge < -0.3 is 10.4 Å². The molecule has 0 heterocycles. The summed E-state index contributed by atoms with van der Waals surface area (Å²) in [4.78, 5) is 23.1. The Labute approximate surface area is 125 Å². The van der Waals surface area contributed by atoms with E-state index in [2.05, 4.69) is 10.6 Å². The number of hydrogen-bond acceptors (Lipinski definition) is 3. The maximum absolute atomic E-state index is 11.9. The van der Waals surface area contributed by atoms with E-state index in [-0.39, 0.29) is 24.4 Å². The molecule has 0 saturated carbocycles. The molecule has 0 aliphatic heterocycles. The van der Waals surface area contributed by atoms with Crippen molar-refractivity contribution in [2.45, 2.75) is 39.3 Å². The molecule has 0 spiro atoms. The van der Waals surface area contributed by atoms with Gasteiger partial charge in [-0.05, 0) is 18.4 Å². The summed E-state index contributed by atoms with van der Waals surface area (Å²) >= 11 is 0. The number of carbonyl (C=O) groups is 2. The summed E-state index contributed by atoms with van der Waals surface area (Å²) < 4.78 is 0. The number of benzene rings is 1. The molecule has 1 unspecified atom stereocenters. The number of carboxylic acid groups (broad SMARTS) is 1. The standard InChI is InChI=1S/C16H24N2O3/c1-4-11(2)15(16(20)21)17-10-14(19)18-12(3)13-8-6-5-7-9-13/h5-9,11-12,15,17H,4,10H2,1-3H3,(H,18,19)(H,20,21)/t11-,12?,15-/m0/s1. The highest BCUT2D eigenvalue weighted by molar-refractivity contribution is 5.80. The predicted octanol–water partition coefficient (Wildman–Crippen LogP) is 1.95. The minimum Gasteiger partial charge on any atom is -0.480 e. The van der Waals surface area contributed by atoms with E-state index in [0.717, 1.165) is 12.0 Å². The Kier molecular flexibility index (Phi) is 6.88. The number of carbonyl (C=O) groups excluding carboxylic acids is 1. The van der Waals surface area contributed by atoms with Crippen LogP contribution in [0.2, 0.25) is 0 Å². The maximum Gasteiger partial charge on any atom is 0.320 e. The molecule has 1 rings (SSSR count). The maximum atomic E-state index is 11.9. The van der Waals surface area contributed by atoms with Crippen molar-refractivity contribution in [2.24, 2.45) is 5.92 Å². The summed E-state index contributed by atoms with van der Waals surface area (Å²) in [5.74, 6) is -1.16. The van der Waals surface area contributed by atoms with Crippen LogP contribution in [0.1, 0.15) is 38.8 Å². The average molecular weight is 292 g/mol. The van der Waals surface area contributed by atoms with Gasteiger partial charge in [0.1, 0.15) is 6.04 Å². The van der Waals surface area contributed by atoms with Gasteiger partial charge in [0, 0.05) is 0 Å². The molecular weight excluding hydrogens is 268 g/mol. The third kappa shape index (κ3) is 5.55. The lowest BCUT2D eigenvalue weighted by Gasteiger charge is -2.21. The first-order valence-electron chi connectivity index (χ1n) is 7.26. The topological polar surface area (TPSA) is 78.4 Å². The van der Waals surface area contributed by atoms with Crippen LogP contribution >= 0.6 is 0 Å². The summed E-state index contributed by atoms with van der Waals surface area (Å²) in [5, 5.41) is 14.8. The molecule has 0 saturated heterocycles. The molecule has 5 heteroatoms. The number of hydrogen-bond donors (Lipinski definition) is 3. The van der Waals surface area contributed by atoms with E-state index in [1.54, 1.807) is 0 Å². The lowest BCUT2D eigenvalue weighted by atomic mass is 9.99. The van der Waals surface area contributed by atoms with Crippen LogP contribution in [0.15, 0.2) is 30.3 Å². The molecule has 3 N–H and O–H groups in total. The molecule has 0 aromatic heterocycles. The van der Waals surface area contributed by atoms with Crippen LogP contribution in [0, 0.1) is 5.92 Å². The second kappa shape index (κ2) is 8.42. The van der Waals surface area contributed by atoms with Gasteiger partial charge in [-0.2, -0.15) is 0 Å². The monoisotopic (exact) mass is 292 g/mol. The molecule has 0 aliphatic carbocycles. The van der Waals surface area contributed by atoms with E-state index in [1.165, 1.54) is 0 Å². The van der Waals surface area contributed by atoms with Crippen molar-refractivity contribution in [3.8, 4) is 0 Å². The van der Waals surface area contributed by atoms with Crippen LogP contribution in [-0.2, 0) is 9.59 Å². The first-order valence-corrected chi connectivity index (χ1v) is 7.26. The normalized spacial score (nSPS) is 15.0. The minimum atomic E-state index is -0.923. The van der Waals surface area contributed by atoms with Crippen LogP contribution in [0.5, 0.6) is 0 Å². The molecule has 0 fully saturated rings. The number of carboxylic acids is 1. The number of nitrogens with one attached hydrogen (secondary N) is 2. The molecular formula is C16H24N2O3. The van der Waals surface area contributed by atoms with E-state index in [0.29, 0.717) is 0 Å². The summed E-state index contributed by atoms with van der Waals surface area (Å²) in [6, 6.07) is 8.83. The van der Waals surface area contributed by atoms with Crippen LogP contribution in [0.3, 0.4) is 0 Å². The van der Waals surface area contributed by atoms with E-state index >= 15 is 0 Å². The Bertz CT molecular complexity index is 462. The molecule has 0 aliphatic rings. The van der Waals surface area contributed by atoms with Gasteiger partial charge in [-0.15, -0.1) is 0 Å². The van der Waals surface area contributed by atoms with E-state index in [9.17, 15) is 9.59 Å². The lowest BCUT2D eigenvalue weighted by molar-refractivity contribution is -0.141. The third-order valence-electron chi connectivity index (χ3n) is 3.64. The lowest BCUT2D eigenvalue weighted by Crippen LogP contribution is -2.46. The van der Waals surface area contributed by atoms with E-state index in [4.69, 9.17) is 5.11 Å². The van der Waals surface area contributed by atoms with Gasteiger partial charge in [0.25, 0.3) is 0 Å². The second-order valence-electron chi connectivity index (χ2n) is 5.28. The van der Waals surface area contributed by atoms with Crippen molar-refractivity contribution in [1.29, 1.82) is 0 Å². The zero-order chi connectivity index (χ0) is 15.8. The summed E-state index contributed by atoms with van der Waals surface area (Å²) in [6.45, 7) is 5.69. The van der Waals surface area contributed by atoms with Crippen molar-refractivity contribution in [3.05, 3.63) is 35.9 Å². The van der Waals surface area contributed by atoms with Gasteiger partial charge >= 0.3 is 5.97 Å². The van der Waals surface area contributed by atoms with Crippen molar-refractivity contribution in [3.63, 3.8) is 0 Å². The average Bonchev–Trinajstić information content (AvgIpc) is 2.47. The molecule has 0 bridgehead atoms. The Morgan fingerprint density at radius 1 is 1.19 bits per heavy atom. The molecule has 3 atom stereocenters. The summed E-state index contributed by atoms with van der Waals surface area (Å²) in [5.41, 5.74) is 1.02. The summed E-state index contributed by atoms with van der Waals surface area (Å²) in [6.07, 6.45) is 0.742. The van der Waals surface area contributed by atoms with Gasteiger partial charge in [0.05, 0.1) is 12.6 Å². The van der Waals surface area contributed by atoms with Crippen LogP contribution < -0.4 is 10.6 Å². The molecule has 21 heavy (non-hydrogen) atoms. The number of rotatable bonds is 8. The molecule has 1 amide bonds. The van der Waals surface area contributed by atoms with Crippen LogP contribution in [0.4, 0.5) is 0 Å². The Hall–Kier alpha value is -1.88. The van der Waals surface area contributed by atoms with E-state index < -0.39 is 12.0 Å². The fourth-order valence-corrected chi connectivity index (χ4v) is 2.09. The van der Waals surface area contributed by atoms with Crippen molar-refractivity contribution >= 4 is 11.9 Å². The number of amides is 1. The SMILES string of the molecule is CC[C@H](C)[C@H](NCC(=O)NC(C)c1ccccc1)C(=O)O. The Morgan fingerprint density at radius 3 is 2.33 bits per heavy atom. The fraction of sp³-hybridized carbons (Fsp3) is 0.500. The highest BCUT2D eigenvalue weighted by Crippen LogP contribution is 2.11. The van der Waals surface area contributed by atoms with Gasteiger partial charge in [-0.25, -0.2) is 0 Å². The predicted molar refractivity (Wildman–Crippen MR) is 81.9 cm³/mol. The van der Waals surface area contributed by atoms with Crippen molar-refractivity contribution in [1.82, 2.24) is 10.6 Å². The molecule has 5 nitrogen and oxygen atoms in total. The smallest absolute Gasteiger partial charge is 0.320 e. The molecule has 0 radical (unpaired) electrons. The third-order valence-corrected chi connectivity index (χ3v) is 3.64. The minimum absolute atomic E-state index is 0.00151. The van der Waals surface area contributed by atoms with Crippen LogP contribution in [-0.4, -0.2) is 29.6 Å². The second-order valence-corrected chi connectivity index (χ2v) is 5.28. The molecule has 1 aromatic carbocycles. The fourth-order valence-electron chi connectivity index (χ4n) is 2.09. The van der Waals surface area contributed by atoms with Crippen molar-refractivity contribution < 1.29 is 14.7 Å². The zero-order valence-corrected chi connectivity index (χ0v) is 12.8. The van der Waals surface area contributed by atoms with Crippen molar-refractivity contribution in [2.75, 3.05) is 6.54 Å². The van der Waals surface area contributed by atoms with Gasteiger partial charge in [0.15, 0.2) is 0 Å². The summed E-state index contributed by atoms with van der Waals surface area (Å²) in [7, 11) is 0. The Balaban J connectivity index is 2.48. The van der Waals surface area contributed by atoms with Gasteiger partial charge in [-0.3, -0.25) is 14.9 Å². The first-order chi connectivity index (χ1) is 9.95.